The highest BCUT2D eigenvalue weighted by atomic mass is 16.5. The summed E-state index contributed by atoms with van der Waals surface area (Å²) in [6.45, 7) is 7.53. The summed E-state index contributed by atoms with van der Waals surface area (Å²) in [5.41, 5.74) is 0.883. The predicted molar refractivity (Wildman–Crippen MR) is 68.0 cm³/mol. The Kier molecular flexibility index (Phi) is 10.1. The summed E-state index contributed by atoms with van der Waals surface area (Å²) in [4.78, 5) is 15.7. The van der Waals surface area contributed by atoms with Gasteiger partial charge < -0.3 is 4.74 Å². The molecule has 0 spiro atoms. The zero-order valence-corrected chi connectivity index (χ0v) is 10.9. The van der Waals surface area contributed by atoms with Crippen LogP contribution in [0.5, 0.6) is 0 Å². The molecule has 0 N–H and O–H groups in total. The van der Waals surface area contributed by atoms with E-state index in [0.717, 1.165) is 44.4 Å². The molecule has 94 valence electrons. The number of rotatable bonds is 9. The lowest BCUT2D eigenvalue weighted by molar-refractivity contribution is -0.142. The number of esters is 1. The van der Waals surface area contributed by atoms with Gasteiger partial charge in [0.05, 0.1) is 13.0 Å². The summed E-state index contributed by atoms with van der Waals surface area (Å²) in [7, 11) is 0. The maximum Gasteiger partial charge on any atom is 0.311 e. The zero-order valence-electron chi connectivity index (χ0n) is 10.9. The number of unbranched alkanes of at least 4 members (excludes halogenated alkanes) is 3. The normalized spacial score (nSPS) is 11.6. The Balaban J connectivity index is 3.57. The van der Waals surface area contributed by atoms with E-state index in [0.29, 0.717) is 13.0 Å². The number of ether oxygens (including phenoxy) is 1. The molecule has 0 saturated heterocycles. The second-order valence-corrected chi connectivity index (χ2v) is 4.07. The Hall–Kier alpha value is -0.860. The predicted octanol–water partition coefficient (Wildman–Crippen LogP) is 3.37. The van der Waals surface area contributed by atoms with Gasteiger partial charge in [-0.3, -0.25) is 9.79 Å². The summed E-state index contributed by atoms with van der Waals surface area (Å²) in [5, 5.41) is 0. The van der Waals surface area contributed by atoms with Gasteiger partial charge in [-0.1, -0.05) is 33.1 Å². The van der Waals surface area contributed by atoms with Crippen molar-refractivity contribution in [2.45, 2.75) is 59.3 Å². The first-order chi connectivity index (χ1) is 7.70. The second kappa shape index (κ2) is 10.7. The average Bonchev–Trinajstić information content (AvgIpc) is 2.25. The average molecular weight is 227 g/mol. The highest BCUT2D eigenvalue weighted by Crippen LogP contribution is 1.98. The fraction of sp³-hybridized carbons (Fsp3) is 0.846. The van der Waals surface area contributed by atoms with Crippen molar-refractivity contribution in [3.63, 3.8) is 0 Å². The lowest BCUT2D eigenvalue weighted by Gasteiger charge is -2.04. The third kappa shape index (κ3) is 9.69. The molecule has 0 amide bonds. The van der Waals surface area contributed by atoms with E-state index in [1.165, 1.54) is 0 Å². The first kappa shape index (κ1) is 15.1. The first-order valence-corrected chi connectivity index (χ1v) is 6.36. The van der Waals surface area contributed by atoms with Crippen molar-refractivity contribution in [1.82, 2.24) is 0 Å². The van der Waals surface area contributed by atoms with E-state index in [1.807, 2.05) is 6.92 Å². The van der Waals surface area contributed by atoms with Crippen molar-refractivity contribution in [3.8, 4) is 0 Å². The van der Waals surface area contributed by atoms with E-state index in [9.17, 15) is 4.79 Å². The Labute approximate surface area is 99.3 Å². The van der Waals surface area contributed by atoms with Crippen LogP contribution in [0, 0.1) is 0 Å². The monoisotopic (exact) mass is 227 g/mol. The molecule has 0 aromatic heterocycles. The van der Waals surface area contributed by atoms with Crippen molar-refractivity contribution < 1.29 is 9.53 Å². The quantitative estimate of drug-likeness (QED) is 0.344. The molecule has 0 rings (SSSR count). The number of hydrogen-bond donors (Lipinski definition) is 0. The molecule has 0 unspecified atom stereocenters. The molecular weight excluding hydrogens is 202 g/mol. The van der Waals surface area contributed by atoms with Gasteiger partial charge >= 0.3 is 5.97 Å². The number of carbonyl (C=O) groups excluding carboxylic acids is 1. The maximum absolute atomic E-state index is 11.3. The minimum atomic E-state index is -0.145. The molecule has 16 heavy (non-hydrogen) atoms. The molecule has 3 heteroatoms. The van der Waals surface area contributed by atoms with Crippen LogP contribution in [0.25, 0.3) is 0 Å². The summed E-state index contributed by atoms with van der Waals surface area (Å²) < 4.78 is 5.10. The van der Waals surface area contributed by atoms with Gasteiger partial charge in [-0.05, 0) is 19.8 Å². The van der Waals surface area contributed by atoms with Crippen LogP contribution in [-0.2, 0) is 9.53 Å². The van der Waals surface area contributed by atoms with E-state index >= 15 is 0 Å². The molecule has 0 aromatic carbocycles. The van der Waals surface area contributed by atoms with Crippen LogP contribution >= 0.6 is 0 Å². The van der Waals surface area contributed by atoms with Gasteiger partial charge in [0.1, 0.15) is 0 Å². The van der Waals surface area contributed by atoms with Crippen LogP contribution in [0.1, 0.15) is 59.3 Å². The molecule has 0 aliphatic heterocycles. The molecule has 0 bridgehead atoms. The Morgan fingerprint density at radius 1 is 1.12 bits per heavy atom. The smallest absolute Gasteiger partial charge is 0.311 e. The molecule has 0 aliphatic rings. The van der Waals surface area contributed by atoms with Gasteiger partial charge in [0, 0.05) is 12.3 Å². The van der Waals surface area contributed by atoms with Crippen LogP contribution in [-0.4, -0.2) is 24.8 Å². The van der Waals surface area contributed by atoms with Gasteiger partial charge in [-0.25, -0.2) is 0 Å². The molecule has 0 heterocycles. The first-order valence-electron chi connectivity index (χ1n) is 6.36. The number of carbonyl (C=O) groups is 1. The summed E-state index contributed by atoms with van der Waals surface area (Å²) in [5.74, 6) is -0.145. The standard InChI is InChI=1S/C13H25NO2/c1-4-6-8-10-16-13(15)11-12(3)14-9-7-5-2/h4-11H2,1-3H3/b14-12-. The van der Waals surface area contributed by atoms with Gasteiger partial charge in [0.2, 0.25) is 0 Å². The SMILES string of the molecule is CCCCCOC(=O)C/C(C)=N\CCCC. The number of hydrogen-bond acceptors (Lipinski definition) is 3. The fourth-order valence-electron chi connectivity index (χ4n) is 1.28. The van der Waals surface area contributed by atoms with Crippen LogP contribution < -0.4 is 0 Å². The van der Waals surface area contributed by atoms with Crippen LogP contribution in [0.2, 0.25) is 0 Å². The lowest BCUT2D eigenvalue weighted by Crippen LogP contribution is -2.10. The zero-order chi connectivity index (χ0) is 12.2. The van der Waals surface area contributed by atoms with Crippen molar-refractivity contribution in [3.05, 3.63) is 0 Å². The molecule has 3 nitrogen and oxygen atoms in total. The van der Waals surface area contributed by atoms with Gasteiger partial charge in [0.25, 0.3) is 0 Å². The fourth-order valence-corrected chi connectivity index (χ4v) is 1.28. The molecule has 0 aliphatic carbocycles. The minimum Gasteiger partial charge on any atom is -0.465 e. The van der Waals surface area contributed by atoms with Gasteiger partial charge in [-0.2, -0.15) is 0 Å². The molecular formula is C13H25NO2. The van der Waals surface area contributed by atoms with E-state index in [-0.39, 0.29) is 5.97 Å². The molecule has 0 radical (unpaired) electrons. The highest BCUT2D eigenvalue weighted by molar-refractivity contribution is 5.97. The number of aliphatic imine (C=N–C) groups is 1. The molecule has 0 fully saturated rings. The van der Waals surface area contributed by atoms with Gasteiger partial charge in [0.15, 0.2) is 0 Å². The third-order valence-electron chi connectivity index (χ3n) is 2.30. The topological polar surface area (TPSA) is 38.7 Å². The second-order valence-electron chi connectivity index (χ2n) is 4.07. The highest BCUT2D eigenvalue weighted by Gasteiger charge is 2.04. The van der Waals surface area contributed by atoms with Gasteiger partial charge in [-0.15, -0.1) is 0 Å². The largest absolute Gasteiger partial charge is 0.465 e. The molecule has 0 saturated carbocycles. The Morgan fingerprint density at radius 3 is 2.44 bits per heavy atom. The summed E-state index contributed by atoms with van der Waals surface area (Å²) >= 11 is 0. The van der Waals surface area contributed by atoms with E-state index in [4.69, 9.17) is 4.74 Å². The minimum absolute atomic E-state index is 0.145. The molecule has 0 aromatic rings. The summed E-state index contributed by atoms with van der Waals surface area (Å²) in [6, 6.07) is 0. The number of nitrogens with zero attached hydrogens (tertiary/aromatic N) is 1. The van der Waals surface area contributed by atoms with E-state index < -0.39 is 0 Å². The van der Waals surface area contributed by atoms with Crippen LogP contribution in [0.3, 0.4) is 0 Å². The third-order valence-corrected chi connectivity index (χ3v) is 2.30. The van der Waals surface area contributed by atoms with Crippen molar-refractivity contribution in [2.75, 3.05) is 13.2 Å². The molecule has 0 atom stereocenters. The maximum atomic E-state index is 11.3. The Bertz CT molecular complexity index is 212. The van der Waals surface area contributed by atoms with Crippen LogP contribution in [0.15, 0.2) is 4.99 Å². The summed E-state index contributed by atoms with van der Waals surface area (Å²) in [6.07, 6.45) is 5.80. The van der Waals surface area contributed by atoms with Crippen LogP contribution in [0.4, 0.5) is 0 Å². The lowest BCUT2D eigenvalue weighted by atomic mass is 10.2. The van der Waals surface area contributed by atoms with E-state index in [2.05, 4.69) is 18.8 Å². The van der Waals surface area contributed by atoms with E-state index in [1.54, 1.807) is 0 Å². The van der Waals surface area contributed by atoms with Crippen molar-refractivity contribution in [1.29, 1.82) is 0 Å². The van der Waals surface area contributed by atoms with Crippen molar-refractivity contribution >= 4 is 11.7 Å². The van der Waals surface area contributed by atoms with Crippen molar-refractivity contribution in [2.24, 2.45) is 4.99 Å². The Morgan fingerprint density at radius 2 is 1.81 bits per heavy atom.